The van der Waals surface area contributed by atoms with E-state index in [1.807, 2.05) is 13.8 Å². The first-order valence-corrected chi connectivity index (χ1v) is 8.65. The minimum atomic E-state index is -0.665. The molecular formula is C18H30N4O3. The molecule has 0 spiro atoms. The normalized spacial score (nSPS) is 13.4. The SMILES string of the molecule is CC(C)[C@H](N)C(=O)N[C@@H](CCCCN)C(=O)Nc1ccc(CO)cc1. The number of anilines is 1. The van der Waals surface area contributed by atoms with E-state index in [2.05, 4.69) is 10.6 Å². The number of aliphatic hydroxyl groups is 1. The number of carbonyl (C=O) groups is 2. The Morgan fingerprint density at radius 1 is 1.12 bits per heavy atom. The molecule has 2 amide bonds. The van der Waals surface area contributed by atoms with Crippen molar-refractivity contribution in [3.63, 3.8) is 0 Å². The number of unbranched alkanes of at least 4 members (excludes halogenated alkanes) is 1. The van der Waals surface area contributed by atoms with Crippen molar-refractivity contribution >= 4 is 17.5 Å². The second-order valence-corrected chi connectivity index (χ2v) is 6.46. The standard InChI is InChI=1S/C18H30N4O3/c1-12(2)16(20)18(25)22-15(5-3-4-10-19)17(24)21-14-8-6-13(11-23)7-9-14/h6-9,12,15-16,23H,3-5,10-11,19-20H2,1-2H3,(H,21,24)(H,22,25)/t15-,16-/m0/s1. The summed E-state index contributed by atoms with van der Waals surface area (Å²) in [7, 11) is 0. The maximum Gasteiger partial charge on any atom is 0.246 e. The number of hydrogen-bond acceptors (Lipinski definition) is 5. The topological polar surface area (TPSA) is 130 Å². The molecule has 25 heavy (non-hydrogen) atoms. The highest BCUT2D eigenvalue weighted by molar-refractivity contribution is 5.97. The van der Waals surface area contributed by atoms with E-state index in [4.69, 9.17) is 16.6 Å². The summed E-state index contributed by atoms with van der Waals surface area (Å²) < 4.78 is 0. The monoisotopic (exact) mass is 350 g/mol. The molecule has 7 heteroatoms. The van der Waals surface area contributed by atoms with Gasteiger partial charge < -0.3 is 27.2 Å². The third-order valence-electron chi connectivity index (χ3n) is 4.00. The molecule has 0 fully saturated rings. The minimum absolute atomic E-state index is 0.0150. The Morgan fingerprint density at radius 2 is 1.76 bits per heavy atom. The molecule has 2 atom stereocenters. The van der Waals surface area contributed by atoms with Crippen LogP contribution in [0, 0.1) is 5.92 Å². The van der Waals surface area contributed by atoms with Gasteiger partial charge in [0.1, 0.15) is 6.04 Å². The first-order chi connectivity index (χ1) is 11.9. The van der Waals surface area contributed by atoms with Crippen LogP contribution in [-0.2, 0) is 16.2 Å². The minimum Gasteiger partial charge on any atom is -0.392 e. The summed E-state index contributed by atoms with van der Waals surface area (Å²) in [4.78, 5) is 24.7. The highest BCUT2D eigenvalue weighted by Gasteiger charge is 2.25. The number of carbonyl (C=O) groups excluding carboxylic acids is 2. The Morgan fingerprint density at radius 3 is 2.28 bits per heavy atom. The number of nitrogens with two attached hydrogens (primary N) is 2. The van der Waals surface area contributed by atoms with Crippen molar-refractivity contribution in [2.45, 2.75) is 51.8 Å². The Labute approximate surface area is 149 Å². The van der Waals surface area contributed by atoms with Gasteiger partial charge in [0.2, 0.25) is 11.8 Å². The lowest BCUT2D eigenvalue weighted by molar-refractivity contribution is -0.128. The Balaban J connectivity index is 2.74. The molecule has 1 aromatic rings. The van der Waals surface area contributed by atoms with E-state index >= 15 is 0 Å². The van der Waals surface area contributed by atoms with Crippen LogP contribution in [0.2, 0.25) is 0 Å². The number of amides is 2. The van der Waals surface area contributed by atoms with Gasteiger partial charge in [-0.1, -0.05) is 26.0 Å². The Hall–Kier alpha value is -1.96. The molecule has 0 saturated heterocycles. The van der Waals surface area contributed by atoms with Crippen molar-refractivity contribution in [3.8, 4) is 0 Å². The van der Waals surface area contributed by atoms with Crippen molar-refractivity contribution < 1.29 is 14.7 Å². The first kappa shape index (κ1) is 21.1. The van der Waals surface area contributed by atoms with Crippen LogP contribution >= 0.6 is 0 Å². The largest absolute Gasteiger partial charge is 0.392 e. The molecule has 0 radical (unpaired) electrons. The molecule has 0 aliphatic carbocycles. The molecule has 1 aromatic carbocycles. The highest BCUT2D eigenvalue weighted by Crippen LogP contribution is 2.12. The second kappa shape index (κ2) is 10.8. The third kappa shape index (κ3) is 7.21. The molecule has 7 nitrogen and oxygen atoms in total. The predicted octanol–water partition coefficient (Wildman–Crippen LogP) is 0.715. The maximum atomic E-state index is 12.5. The van der Waals surface area contributed by atoms with Crippen LogP contribution in [0.5, 0.6) is 0 Å². The fourth-order valence-corrected chi connectivity index (χ4v) is 2.26. The lowest BCUT2D eigenvalue weighted by atomic mass is 10.0. The van der Waals surface area contributed by atoms with Gasteiger partial charge in [0.25, 0.3) is 0 Å². The fourth-order valence-electron chi connectivity index (χ4n) is 2.26. The van der Waals surface area contributed by atoms with Crippen LogP contribution in [0.3, 0.4) is 0 Å². The van der Waals surface area contributed by atoms with Crippen LogP contribution < -0.4 is 22.1 Å². The summed E-state index contributed by atoms with van der Waals surface area (Å²) in [5.41, 5.74) is 12.7. The van der Waals surface area contributed by atoms with Gasteiger partial charge in [-0.2, -0.15) is 0 Å². The summed E-state index contributed by atoms with van der Waals surface area (Å²) in [5.74, 6) is -0.643. The zero-order valence-corrected chi connectivity index (χ0v) is 15.0. The van der Waals surface area contributed by atoms with Crippen molar-refractivity contribution in [3.05, 3.63) is 29.8 Å². The second-order valence-electron chi connectivity index (χ2n) is 6.46. The van der Waals surface area contributed by atoms with Crippen LogP contribution in [-0.4, -0.2) is 35.5 Å². The average Bonchev–Trinajstić information content (AvgIpc) is 2.60. The van der Waals surface area contributed by atoms with Gasteiger partial charge in [-0.25, -0.2) is 0 Å². The molecule has 0 aliphatic rings. The van der Waals surface area contributed by atoms with Gasteiger partial charge in [-0.05, 0) is 49.4 Å². The van der Waals surface area contributed by atoms with Gasteiger partial charge in [-0.3, -0.25) is 9.59 Å². The van der Waals surface area contributed by atoms with Crippen LogP contribution in [0.4, 0.5) is 5.69 Å². The molecule has 7 N–H and O–H groups in total. The Kier molecular flexibility index (Phi) is 9.12. The summed E-state index contributed by atoms with van der Waals surface area (Å²) in [6, 6.07) is 5.55. The van der Waals surface area contributed by atoms with Gasteiger partial charge in [0, 0.05) is 5.69 Å². The molecular weight excluding hydrogens is 320 g/mol. The molecule has 0 heterocycles. The zero-order chi connectivity index (χ0) is 18.8. The number of aliphatic hydroxyl groups excluding tert-OH is 1. The summed E-state index contributed by atoms with van der Waals surface area (Å²) in [6.07, 6.45) is 2.00. The molecule has 0 aliphatic heterocycles. The van der Waals surface area contributed by atoms with E-state index in [0.29, 0.717) is 18.7 Å². The smallest absolute Gasteiger partial charge is 0.246 e. The lowest BCUT2D eigenvalue weighted by Gasteiger charge is -2.22. The third-order valence-corrected chi connectivity index (χ3v) is 4.00. The first-order valence-electron chi connectivity index (χ1n) is 8.65. The van der Waals surface area contributed by atoms with E-state index < -0.39 is 12.1 Å². The Bertz CT molecular complexity index is 546. The van der Waals surface area contributed by atoms with Crippen LogP contribution in [0.1, 0.15) is 38.7 Å². The number of nitrogens with one attached hydrogen (secondary N) is 2. The fraction of sp³-hybridized carbons (Fsp3) is 0.556. The number of hydrogen-bond donors (Lipinski definition) is 5. The molecule has 140 valence electrons. The van der Waals surface area contributed by atoms with Crippen molar-refractivity contribution in [2.24, 2.45) is 17.4 Å². The highest BCUT2D eigenvalue weighted by atomic mass is 16.3. The van der Waals surface area contributed by atoms with Crippen molar-refractivity contribution in [1.29, 1.82) is 0 Å². The van der Waals surface area contributed by atoms with Crippen LogP contribution in [0.15, 0.2) is 24.3 Å². The van der Waals surface area contributed by atoms with E-state index in [9.17, 15) is 9.59 Å². The summed E-state index contributed by atoms with van der Waals surface area (Å²) in [5, 5.41) is 14.6. The van der Waals surface area contributed by atoms with Gasteiger partial charge >= 0.3 is 0 Å². The molecule has 1 rings (SSSR count). The van der Waals surface area contributed by atoms with Gasteiger partial charge in [0.05, 0.1) is 12.6 Å². The maximum absolute atomic E-state index is 12.5. The predicted molar refractivity (Wildman–Crippen MR) is 98.6 cm³/mol. The van der Waals surface area contributed by atoms with E-state index in [1.165, 1.54) is 0 Å². The van der Waals surface area contributed by atoms with E-state index in [1.54, 1.807) is 24.3 Å². The van der Waals surface area contributed by atoms with Crippen molar-refractivity contribution in [2.75, 3.05) is 11.9 Å². The van der Waals surface area contributed by atoms with E-state index in [0.717, 1.165) is 18.4 Å². The van der Waals surface area contributed by atoms with Gasteiger partial charge in [0.15, 0.2) is 0 Å². The lowest BCUT2D eigenvalue weighted by Crippen LogP contribution is -2.51. The van der Waals surface area contributed by atoms with E-state index in [-0.39, 0.29) is 24.3 Å². The van der Waals surface area contributed by atoms with Crippen molar-refractivity contribution in [1.82, 2.24) is 5.32 Å². The molecule has 0 saturated carbocycles. The number of rotatable bonds is 10. The zero-order valence-electron chi connectivity index (χ0n) is 15.0. The quantitative estimate of drug-likeness (QED) is 0.397. The summed E-state index contributed by atoms with van der Waals surface area (Å²) >= 11 is 0. The number of benzene rings is 1. The van der Waals surface area contributed by atoms with Crippen LogP contribution in [0.25, 0.3) is 0 Å². The average molecular weight is 350 g/mol. The molecule has 0 aromatic heterocycles. The summed E-state index contributed by atoms with van der Waals surface area (Å²) in [6.45, 7) is 4.20. The van der Waals surface area contributed by atoms with Gasteiger partial charge in [-0.15, -0.1) is 0 Å². The molecule has 0 bridgehead atoms. The molecule has 0 unspecified atom stereocenters.